The van der Waals surface area contributed by atoms with Gasteiger partial charge in [0.05, 0.1) is 6.54 Å². The zero-order chi connectivity index (χ0) is 12.0. The maximum Gasteiger partial charge on any atom is 0.240 e. The van der Waals surface area contributed by atoms with Gasteiger partial charge in [0.25, 0.3) is 0 Å². The number of nitrogens with zero attached hydrogens (tertiary/aromatic N) is 2. The molecule has 1 rings (SSSR count). The molecule has 5 nitrogen and oxygen atoms in total. The van der Waals surface area contributed by atoms with E-state index in [4.69, 9.17) is 11.6 Å². The minimum Gasteiger partial charge on any atom is -0.306 e. The molecule has 6 heteroatoms. The molecule has 0 aliphatic rings. The minimum absolute atomic E-state index is 0.178. The van der Waals surface area contributed by atoms with Crippen LogP contribution in [-0.2, 0) is 4.79 Å². The van der Waals surface area contributed by atoms with Crippen molar-refractivity contribution in [2.45, 2.75) is 26.3 Å². The standard InChI is InChI=1S/C10H15ClN4O/c1-3-7(2)13-6-9(16)15-10-12-5-4-8(11)14-10/h4-5,7,13H,3,6H2,1-2H3,(H,12,14,15,16). The predicted octanol–water partition coefficient (Wildman–Crippen LogP) is 1.46. The number of aromatic nitrogens is 2. The Kier molecular flexibility index (Phi) is 5.14. The Hall–Kier alpha value is -1.20. The lowest BCUT2D eigenvalue weighted by Gasteiger charge is -2.10. The molecule has 16 heavy (non-hydrogen) atoms. The lowest BCUT2D eigenvalue weighted by molar-refractivity contribution is -0.115. The fraction of sp³-hybridized carbons (Fsp3) is 0.500. The summed E-state index contributed by atoms with van der Waals surface area (Å²) in [6, 6.07) is 1.86. The van der Waals surface area contributed by atoms with Crippen LogP contribution in [0.4, 0.5) is 5.95 Å². The third-order valence-corrected chi connectivity index (χ3v) is 2.31. The van der Waals surface area contributed by atoms with Gasteiger partial charge in [0, 0.05) is 12.2 Å². The first kappa shape index (κ1) is 12.9. The van der Waals surface area contributed by atoms with Crippen LogP contribution in [0.15, 0.2) is 12.3 Å². The summed E-state index contributed by atoms with van der Waals surface area (Å²) in [5, 5.41) is 5.93. The van der Waals surface area contributed by atoms with Gasteiger partial charge in [-0.15, -0.1) is 0 Å². The normalized spacial score (nSPS) is 12.2. The SMILES string of the molecule is CCC(C)NCC(=O)Nc1nccc(Cl)n1. The van der Waals surface area contributed by atoms with Crippen molar-refractivity contribution in [2.24, 2.45) is 0 Å². The topological polar surface area (TPSA) is 66.9 Å². The monoisotopic (exact) mass is 242 g/mol. The van der Waals surface area contributed by atoms with E-state index in [0.717, 1.165) is 6.42 Å². The first-order chi connectivity index (χ1) is 7.61. The summed E-state index contributed by atoms with van der Waals surface area (Å²) < 4.78 is 0. The molecule has 0 aliphatic carbocycles. The van der Waals surface area contributed by atoms with Crippen LogP contribution in [0.3, 0.4) is 0 Å². The summed E-state index contributed by atoms with van der Waals surface area (Å²) in [5.74, 6) is 0.0472. The highest BCUT2D eigenvalue weighted by Gasteiger charge is 2.06. The van der Waals surface area contributed by atoms with Gasteiger partial charge in [0.15, 0.2) is 0 Å². The van der Waals surface area contributed by atoms with Crippen molar-refractivity contribution < 1.29 is 4.79 Å². The number of rotatable bonds is 5. The van der Waals surface area contributed by atoms with E-state index < -0.39 is 0 Å². The van der Waals surface area contributed by atoms with Crippen LogP contribution in [0.5, 0.6) is 0 Å². The number of halogens is 1. The number of carbonyl (C=O) groups is 1. The zero-order valence-electron chi connectivity index (χ0n) is 9.33. The molecule has 0 radical (unpaired) electrons. The van der Waals surface area contributed by atoms with Gasteiger partial charge < -0.3 is 5.32 Å². The molecule has 0 saturated heterocycles. The molecule has 0 fully saturated rings. The van der Waals surface area contributed by atoms with Gasteiger partial charge in [-0.3, -0.25) is 10.1 Å². The molecule has 1 atom stereocenters. The highest BCUT2D eigenvalue weighted by Crippen LogP contribution is 2.05. The van der Waals surface area contributed by atoms with E-state index >= 15 is 0 Å². The third-order valence-electron chi connectivity index (χ3n) is 2.10. The highest BCUT2D eigenvalue weighted by atomic mass is 35.5. The molecule has 1 unspecified atom stereocenters. The van der Waals surface area contributed by atoms with E-state index in [0.29, 0.717) is 11.2 Å². The average Bonchev–Trinajstić information content (AvgIpc) is 2.26. The van der Waals surface area contributed by atoms with Crippen LogP contribution in [0.25, 0.3) is 0 Å². The molecule has 0 saturated carbocycles. The van der Waals surface area contributed by atoms with Crippen molar-refractivity contribution >= 4 is 23.5 Å². The van der Waals surface area contributed by atoms with Crippen molar-refractivity contribution in [3.8, 4) is 0 Å². The minimum atomic E-state index is -0.178. The molecule has 0 bridgehead atoms. The van der Waals surface area contributed by atoms with Crippen LogP contribution < -0.4 is 10.6 Å². The Morgan fingerprint density at radius 2 is 2.38 bits per heavy atom. The Bertz CT molecular complexity index is 358. The quantitative estimate of drug-likeness (QED) is 0.767. The first-order valence-electron chi connectivity index (χ1n) is 5.13. The lowest BCUT2D eigenvalue weighted by Crippen LogP contribution is -2.34. The predicted molar refractivity (Wildman–Crippen MR) is 63.4 cm³/mol. The Balaban J connectivity index is 2.40. The van der Waals surface area contributed by atoms with Crippen LogP contribution in [0.1, 0.15) is 20.3 Å². The average molecular weight is 243 g/mol. The van der Waals surface area contributed by atoms with Crippen molar-refractivity contribution in [1.82, 2.24) is 15.3 Å². The lowest BCUT2D eigenvalue weighted by atomic mass is 10.2. The van der Waals surface area contributed by atoms with Gasteiger partial charge in [0.1, 0.15) is 5.15 Å². The Labute approximate surface area is 99.6 Å². The second-order valence-corrected chi connectivity index (χ2v) is 3.83. The van der Waals surface area contributed by atoms with Crippen LogP contribution in [0.2, 0.25) is 5.15 Å². The van der Waals surface area contributed by atoms with Gasteiger partial charge in [0.2, 0.25) is 11.9 Å². The molecule has 1 aromatic rings. The third kappa shape index (κ3) is 4.55. The van der Waals surface area contributed by atoms with Crippen LogP contribution in [0, 0.1) is 0 Å². The molecular weight excluding hydrogens is 228 g/mol. The summed E-state index contributed by atoms with van der Waals surface area (Å²) in [5.41, 5.74) is 0. The molecule has 1 heterocycles. The molecule has 88 valence electrons. The molecule has 1 aromatic heterocycles. The summed E-state index contributed by atoms with van der Waals surface area (Å²) in [6.45, 7) is 4.31. The van der Waals surface area contributed by atoms with Crippen LogP contribution >= 0.6 is 11.6 Å². The van der Waals surface area contributed by atoms with Gasteiger partial charge >= 0.3 is 0 Å². The van der Waals surface area contributed by atoms with Gasteiger partial charge in [-0.2, -0.15) is 0 Å². The second-order valence-electron chi connectivity index (χ2n) is 3.44. The van der Waals surface area contributed by atoms with E-state index in [9.17, 15) is 4.79 Å². The van der Waals surface area contributed by atoms with E-state index in [1.165, 1.54) is 6.20 Å². The van der Waals surface area contributed by atoms with Gasteiger partial charge in [-0.1, -0.05) is 18.5 Å². The largest absolute Gasteiger partial charge is 0.306 e. The maximum atomic E-state index is 11.4. The van der Waals surface area contributed by atoms with Crippen molar-refractivity contribution in [3.05, 3.63) is 17.4 Å². The van der Waals surface area contributed by atoms with E-state index in [-0.39, 0.29) is 18.4 Å². The Morgan fingerprint density at radius 1 is 1.62 bits per heavy atom. The van der Waals surface area contributed by atoms with Crippen molar-refractivity contribution in [3.63, 3.8) is 0 Å². The maximum absolute atomic E-state index is 11.4. The molecule has 2 N–H and O–H groups in total. The smallest absolute Gasteiger partial charge is 0.240 e. The summed E-state index contributed by atoms with van der Waals surface area (Å²) in [7, 11) is 0. The van der Waals surface area contributed by atoms with E-state index in [1.807, 2.05) is 6.92 Å². The van der Waals surface area contributed by atoms with Crippen molar-refractivity contribution in [1.29, 1.82) is 0 Å². The van der Waals surface area contributed by atoms with E-state index in [2.05, 4.69) is 27.5 Å². The first-order valence-corrected chi connectivity index (χ1v) is 5.51. The Morgan fingerprint density at radius 3 is 3.00 bits per heavy atom. The molecular formula is C10H15ClN4O. The molecule has 0 aliphatic heterocycles. The molecule has 1 amide bonds. The summed E-state index contributed by atoms with van der Waals surface area (Å²) in [6.07, 6.45) is 2.47. The fourth-order valence-electron chi connectivity index (χ4n) is 0.977. The number of hydrogen-bond acceptors (Lipinski definition) is 4. The molecule has 0 spiro atoms. The highest BCUT2D eigenvalue weighted by molar-refractivity contribution is 6.29. The zero-order valence-corrected chi connectivity index (χ0v) is 10.1. The fourth-order valence-corrected chi connectivity index (χ4v) is 1.11. The second kappa shape index (κ2) is 6.40. The summed E-state index contributed by atoms with van der Waals surface area (Å²) >= 11 is 5.66. The summed E-state index contributed by atoms with van der Waals surface area (Å²) in [4.78, 5) is 19.2. The van der Waals surface area contributed by atoms with Crippen molar-refractivity contribution in [2.75, 3.05) is 11.9 Å². The van der Waals surface area contributed by atoms with Gasteiger partial charge in [-0.05, 0) is 19.4 Å². The van der Waals surface area contributed by atoms with E-state index in [1.54, 1.807) is 6.07 Å². The number of carbonyl (C=O) groups excluding carboxylic acids is 1. The number of nitrogens with one attached hydrogen (secondary N) is 2. The number of anilines is 1. The number of amides is 1. The number of hydrogen-bond donors (Lipinski definition) is 2. The molecule has 0 aromatic carbocycles. The van der Waals surface area contributed by atoms with Gasteiger partial charge in [-0.25, -0.2) is 9.97 Å². The van der Waals surface area contributed by atoms with Crippen LogP contribution in [-0.4, -0.2) is 28.5 Å².